The van der Waals surface area contributed by atoms with Gasteiger partial charge in [0.25, 0.3) is 0 Å². The normalized spacial score (nSPS) is 16.6. The molecule has 0 saturated heterocycles. The molecule has 5 nitrogen and oxygen atoms in total. The summed E-state index contributed by atoms with van der Waals surface area (Å²) in [6, 6.07) is 0. The number of rotatable bonds is 2. The van der Waals surface area contributed by atoms with E-state index in [2.05, 4.69) is 11.7 Å². The van der Waals surface area contributed by atoms with Gasteiger partial charge in [0.05, 0.1) is 16.4 Å². The van der Waals surface area contributed by atoms with Crippen molar-refractivity contribution in [2.45, 2.75) is 11.9 Å². The van der Waals surface area contributed by atoms with Gasteiger partial charge in [0, 0.05) is 20.4 Å². The number of allylic oxidation sites excluding steroid dienone is 3. The number of sulfone groups is 1. The van der Waals surface area contributed by atoms with Crippen molar-refractivity contribution in [3.05, 3.63) is 39.7 Å². The quantitative estimate of drug-likeness (QED) is 0.825. The number of hydrogen-bond acceptors (Lipinski definition) is 4. The van der Waals surface area contributed by atoms with Gasteiger partial charge in [0.2, 0.25) is 0 Å². The van der Waals surface area contributed by atoms with Gasteiger partial charge in [-0.1, -0.05) is 29.8 Å². The Labute approximate surface area is 134 Å². The molecule has 1 aliphatic rings. The van der Waals surface area contributed by atoms with Gasteiger partial charge >= 0.3 is 0 Å². The zero-order valence-corrected chi connectivity index (χ0v) is 14.4. The molecule has 2 rings (SSSR count). The van der Waals surface area contributed by atoms with E-state index in [1.165, 1.54) is 4.68 Å². The Morgan fingerprint density at radius 3 is 2.33 bits per heavy atom. The van der Waals surface area contributed by atoms with E-state index in [9.17, 15) is 8.42 Å². The maximum Gasteiger partial charge on any atom is 0.193 e. The molecule has 1 aromatic rings. The SMILES string of the molecule is C=C1C(Cl)=CC(C)=C(c2nn(C)c(S(C)(=O)=O)c2Cl)N1C. The van der Waals surface area contributed by atoms with Crippen LogP contribution in [0.4, 0.5) is 0 Å². The van der Waals surface area contributed by atoms with E-state index < -0.39 is 9.84 Å². The fourth-order valence-corrected chi connectivity index (χ4v) is 4.19. The number of aromatic nitrogens is 2. The lowest BCUT2D eigenvalue weighted by Gasteiger charge is -2.28. The van der Waals surface area contributed by atoms with Crippen LogP contribution in [0.5, 0.6) is 0 Å². The number of halogens is 2. The number of hydrogen-bond donors (Lipinski definition) is 0. The summed E-state index contributed by atoms with van der Waals surface area (Å²) in [5.74, 6) is 0. The van der Waals surface area contributed by atoms with E-state index >= 15 is 0 Å². The molecule has 0 radical (unpaired) electrons. The second-order valence-corrected chi connectivity index (χ2v) is 7.61. The molecular formula is C13H15Cl2N3O2S. The van der Waals surface area contributed by atoms with Crippen molar-refractivity contribution in [2.24, 2.45) is 7.05 Å². The Hall–Kier alpha value is -1.24. The van der Waals surface area contributed by atoms with Gasteiger partial charge in [-0.2, -0.15) is 5.10 Å². The van der Waals surface area contributed by atoms with Crippen LogP contribution in [0.2, 0.25) is 5.02 Å². The number of nitrogens with zero attached hydrogens (tertiary/aromatic N) is 3. The standard InChI is InChI=1S/C13H15Cl2N3O2S/c1-7-6-9(14)8(2)17(3)12(7)11-10(15)13(18(4)16-11)21(5,19)20/h6H,2H2,1,3-5H3. The number of aryl methyl sites for hydroxylation is 1. The van der Waals surface area contributed by atoms with Crippen molar-refractivity contribution in [1.82, 2.24) is 14.7 Å². The van der Waals surface area contributed by atoms with Gasteiger partial charge in [-0.15, -0.1) is 0 Å². The zero-order chi connectivity index (χ0) is 16.1. The minimum Gasteiger partial charge on any atom is -0.342 e. The average molecular weight is 348 g/mol. The molecule has 0 atom stereocenters. The van der Waals surface area contributed by atoms with Crippen molar-refractivity contribution >= 4 is 38.7 Å². The smallest absolute Gasteiger partial charge is 0.193 e. The molecule has 2 heterocycles. The Balaban J connectivity index is 2.75. The van der Waals surface area contributed by atoms with E-state index in [-0.39, 0.29) is 10.0 Å². The van der Waals surface area contributed by atoms with E-state index in [1.807, 2.05) is 6.92 Å². The summed E-state index contributed by atoms with van der Waals surface area (Å²) >= 11 is 12.3. The van der Waals surface area contributed by atoms with Crippen molar-refractivity contribution in [2.75, 3.05) is 13.3 Å². The first-order chi connectivity index (χ1) is 9.55. The Morgan fingerprint density at radius 2 is 1.86 bits per heavy atom. The monoisotopic (exact) mass is 347 g/mol. The minimum atomic E-state index is -3.48. The summed E-state index contributed by atoms with van der Waals surface area (Å²) in [6.45, 7) is 5.74. The van der Waals surface area contributed by atoms with Crippen molar-refractivity contribution in [1.29, 1.82) is 0 Å². The molecule has 1 aliphatic heterocycles. The summed E-state index contributed by atoms with van der Waals surface area (Å²) in [5.41, 5.74) is 2.50. The highest BCUT2D eigenvalue weighted by Gasteiger charge is 2.29. The lowest BCUT2D eigenvalue weighted by atomic mass is 10.1. The van der Waals surface area contributed by atoms with Gasteiger partial charge in [-0.05, 0) is 18.6 Å². The molecule has 0 bridgehead atoms. The Kier molecular flexibility index (Phi) is 3.99. The van der Waals surface area contributed by atoms with E-state index in [0.29, 0.717) is 22.1 Å². The van der Waals surface area contributed by atoms with Crippen molar-refractivity contribution in [3.63, 3.8) is 0 Å². The third-order valence-corrected chi connectivity index (χ3v) is 5.22. The van der Waals surface area contributed by atoms with E-state index in [1.54, 1.807) is 25.1 Å². The second kappa shape index (κ2) is 5.19. The Bertz CT molecular complexity index is 804. The maximum atomic E-state index is 11.8. The Morgan fingerprint density at radius 1 is 1.29 bits per heavy atom. The lowest BCUT2D eigenvalue weighted by molar-refractivity contribution is 0.580. The second-order valence-electron chi connectivity index (χ2n) is 4.89. The molecule has 0 spiro atoms. The van der Waals surface area contributed by atoms with Crippen molar-refractivity contribution < 1.29 is 8.42 Å². The first-order valence-electron chi connectivity index (χ1n) is 5.99. The average Bonchev–Trinajstić information content (AvgIpc) is 2.61. The fourth-order valence-electron chi connectivity index (χ4n) is 2.28. The zero-order valence-electron chi connectivity index (χ0n) is 12.1. The summed E-state index contributed by atoms with van der Waals surface area (Å²) < 4.78 is 24.9. The van der Waals surface area contributed by atoms with Crippen LogP contribution in [0.25, 0.3) is 5.70 Å². The molecule has 0 fully saturated rings. The van der Waals surface area contributed by atoms with E-state index in [4.69, 9.17) is 23.2 Å². The van der Waals surface area contributed by atoms with Crippen LogP contribution >= 0.6 is 23.2 Å². The summed E-state index contributed by atoms with van der Waals surface area (Å²) in [7, 11) is -0.155. The molecule has 8 heteroatoms. The van der Waals surface area contributed by atoms with Crippen LogP contribution in [0.1, 0.15) is 12.6 Å². The fraction of sp³-hybridized carbons (Fsp3) is 0.308. The third-order valence-electron chi connectivity index (χ3n) is 3.25. The van der Waals surface area contributed by atoms with Gasteiger partial charge in [-0.25, -0.2) is 8.42 Å². The third kappa shape index (κ3) is 2.63. The maximum absolute atomic E-state index is 11.8. The molecule has 21 heavy (non-hydrogen) atoms. The minimum absolute atomic E-state index is 0.0147. The molecule has 0 amide bonds. The highest BCUT2D eigenvalue weighted by atomic mass is 35.5. The molecule has 1 aromatic heterocycles. The van der Waals surface area contributed by atoms with Gasteiger partial charge in [-0.3, -0.25) is 4.68 Å². The number of likely N-dealkylation sites (N-methyl/N-ethyl adjacent to an activating group) is 1. The highest BCUT2D eigenvalue weighted by molar-refractivity contribution is 7.90. The molecule has 0 saturated carbocycles. The molecule has 0 aromatic carbocycles. The summed E-state index contributed by atoms with van der Waals surface area (Å²) in [4.78, 5) is 1.75. The van der Waals surface area contributed by atoms with Crippen LogP contribution in [-0.2, 0) is 16.9 Å². The molecule has 0 N–H and O–H groups in total. The van der Waals surface area contributed by atoms with Crippen LogP contribution in [-0.4, -0.2) is 36.4 Å². The van der Waals surface area contributed by atoms with E-state index in [0.717, 1.165) is 11.8 Å². The van der Waals surface area contributed by atoms with Gasteiger partial charge in [0.15, 0.2) is 14.9 Å². The molecule has 0 unspecified atom stereocenters. The topological polar surface area (TPSA) is 55.2 Å². The first kappa shape index (κ1) is 16.1. The van der Waals surface area contributed by atoms with Crippen molar-refractivity contribution in [3.8, 4) is 0 Å². The van der Waals surface area contributed by atoms with Gasteiger partial charge < -0.3 is 4.90 Å². The molecular weight excluding hydrogens is 333 g/mol. The first-order valence-corrected chi connectivity index (χ1v) is 8.64. The molecule has 0 aliphatic carbocycles. The summed E-state index contributed by atoms with van der Waals surface area (Å²) in [5, 5.41) is 4.86. The largest absolute Gasteiger partial charge is 0.342 e. The predicted molar refractivity (Wildman–Crippen MR) is 84.8 cm³/mol. The predicted octanol–water partition coefficient (Wildman–Crippen LogP) is 2.79. The van der Waals surface area contributed by atoms with Crippen LogP contribution in [0, 0.1) is 0 Å². The lowest BCUT2D eigenvalue weighted by Crippen LogP contribution is -2.20. The van der Waals surface area contributed by atoms with Crippen LogP contribution in [0.15, 0.2) is 34.0 Å². The van der Waals surface area contributed by atoms with Crippen LogP contribution < -0.4 is 0 Å². The van der Waals surface area contributed by atoms with Crippen LogP contribution in [0.3, 0.4) is 0 Å². The summed E-state index contributed by atoms with van der Waals surface area (Å²) in [6.07, 6.45) is 2.85. The highest BCUT2D eigenvalue weighted by Crippen LogP contribution is 2.38. The van der Waals surface area contributed by atoms with Gasteiger partial charge in [0.1, 0.15) is 10.7 Å². The molecule has 114 valence electrons.